The molecule has 0 saturated heterocycles. The lowest BCUT2D eigenvalue weighted by Gasteiger charge is -2.18. The van der Waals surface area contributed by atoms with Crippen LogP contribution in [0.3, 0.4) is 0 Å². The zero-order valence-corrected chi connectivity index (χ0v) is 12.3. The van der Waals surface area contributed by atoms with E-state index in [9.17, 15) is 0 Å². The first-order valence-corrected chi connectivity index (χ1v) is 7.18. The lowest BCUT2D eigenvalue weighted by Crippen LogP contribution is -2.01. The molecular formula is C15H23Br. The van der Waals surface area contributed by atoms with Crippen molar-refractivity contribution in [2.45, 2.75) is 52.4 Å². The summed E-state index contributed by atoms with van der Waals surface area (Å²) in [6, 6.07) is 8.86. The Morgan fingerprint density at radius 3 is 2.12 bits per heavy atom. The van der Waals surface area contributed by atoms with Gasteiger partial charge >= 0.3 is 0 Å². The smallest absolute Gasteiger partial charge is 0.0175 e. The number of hydrogen-bond acceptors (Lipinski definition) is 0. The fraction of sp³-hybridized carbons (Fsp3) is 0.600. The Morgan fingerprint density at radius 1 is 1.00 bits per heavy atom. The standard InChI is InChI=1S/C15H23Br/c1-4-5-13(7-6-12(2)3)14-8-10-15(16)11-9-14/h8-13H,4-7H2,1-3H3. The second-order valence-electron chi connectivity index (χ2n) is 5.01. The quantitative estimate of drug-likeness (QED) is 0.621. The maximum atomic E-state index is 3.50. The van der Waals surface area contributed by atoms with Crippen molar-refractivity contribution < 1.29 is 0 Å². The van der Waals surface area contributed by atoms with Crippen molar-refractivity contribution in [3.05, 3.63) is 34.3 Å². The monoisotopic (exact) mass is 282 g/mol. The molecule has 0 saturated carbocycles. The maximum absolute atomic E-state index is 3.50. The molecule has 0 aliphatic rings. The molecule has 0 nitrogen and oxygen atoms in total. The van der Waals surface area contributed by atoms with Crippen LogP contribution in [0.15, 0.2) is 28.7 Å². The van der Waals surface area contributed by atoms with Crippen LogP contribution in [0.5, 0.6) is 0 Å². The summed E-state index contributed by atoms with van der Waals surface area (Å²) >= 11 is 3.50. The molecule has 0 fully saturated rings. The van der Waals surface area contributed by atoms with Crippen LogP contribution in [0, 0.1) is 5.92 Å². The highest BCUT2D eigenvalue weighted by Crippen LogP contribution is 2.28. The molecule has 1 aromatic carbocycles. The minimum atomic E-state index is 0.750. The second-order valence-corrected chi connectivity index (χ2v) is 5.92. The summed E-state index contributed by atoms with van der Waals surface area (Å²) in [5.41, 5.74) is 1.51. The third-order valence-electron chi connectivity index (χ3n) is 3.07. The zero-order valence-electron chi connectivity index (χ0n) is 10.7. The van der Waals surface area contributed by atoms with E-state index >= 15 is 0 Å². The Labute approximate surface area is 109 Å². The van der Waals surface area contributed by atoms with Gasteiger partial charge in [0.15, 0.2) is 0 Å². The lowest BCUT2D eigenvalue weighted by molar-refractivity contribution is 0.478. The van der Waals surface area contributed by atoms with Gasteiger partial charge in [-0.25, -0.2) is 0 Å². The van der Waals surface area contributed by atoms with Gasteiger partial charge in [0.05, 0.1) is 0 Å². The average Bonchev–Trinajstić information content (AvgIpc) is 2.25. The molecule has 1 rings (SSSR count). The molecule has 0 aromatic heterocycles. The van der Waals surface area contributed by atoms with Gasteiger partial charge in [0.1, 0.15) is 0 Å². The van der Waals surface area contributed by atoms with E-state index in [2.05, 4.69) is 61.0 Å². The van der Waals surface area contributed by atoms with Crippen molar-refractivity contribution in [3.63, 3.8) is 0 Å². The molecule has 1 heteroatoms. The minimum absolute atomic E-state index is 0.750. The van der Waals surface area contributed by atoms with E-state index in [1.807, 2.05) is 0 Å². The summed E-state index contributed by atoms with van der Waals surface area (Å²) in [6.07, 6.45) is 5.25. The van der Waals surface area contributed by atoms with E-state index in [0.29, 0.717) is 0 Å². The van der Waals surface area contributed by atoms with Gasteiger partial charge in [0.25, 0.3) is 0 Å². The fourth-order valence-corrected chi connectivity index (χ4v) is 2.36. The molecule has 0 heterocycles. The molecule has 0 N–H and O–H groups in total. The Bertz CT molecular complexity index is 287. The molecule has 16 heavy (non-hydrogen) atoms. The first-order chi connectivity index (χ1) is 7.63. The van der Waals surface area contributed by atoms with Crippen LogP contribution in [0.25, 0.3) is 0 Å². The summed E-state index contributed by atoms with van der Waals surface area (Å²) in [7, 11) is 0. The number of benzene rings is 1. The van der Waals surface area contributed by atoms with Gasteiger partial charge in [-0.15, -0.1) is 0 Å². The fourth-order valence-electron chi connectivity index (χ4n) is 2.10. The van der Waals surface area contributed by atoms with Crippen LogP contribution >= 0.6 is 15.9 Å². The van der Waals surface area contributed by atoms with Gasteiger partial charge in [0.2, 0.25) is 0 Å². The number of halogens is 1. The predicted molar refractivity (Wildman–Crippen MR) is 75.9 cm³/mol. The molecule has 90 valence electrons. The van der Waals surface area contributed by atoms with E-state index in [4.69, 9.17) is 0 Å². The summed E-state index contributed by atoms with van der Waals surface area (Å²) in [5, 5.41) is 0. The summed E-state index contributed by atoms with van der Waals surface area (Å²) in [5.74, 6) is 1.57. The van der Waals surface area contributed by atoms with Crippen molar-refractivity contribution in [2.24, 2.45) is 5.92 Å². The van der Waals surface area contributed by atoms with E-state index < -0.39 is 0 Å². The maximum Gasteiger partial charge on any atom is 0.0175 e. The summed E-state index contributed by atoms with van der Waals surface area (Å²) in [4.78, 5) is 0. The van der Waals surface area contributed by atoms with Gasteiger partial charge in [-0.05, 0) is 42.4 Å². The van der Waals surface area contributed by atoms with Crippen LogP contribution in [0.2, 0.25) is 0 Å². The molecule has 0 aliphatic carbocycles. The van der Waals surface area contributed by atoms with Crippen LogP contribution in [0.4, 0.5) is 0 Å². The zero-order chi connectivity index (χ0) is 12.0. The van der Waals surface area contributed by atoms with Crippen molar-refractivity contribution in [1.82, 2.24) is 0 Å². The molecule has 1 unspecified atom stereocenters. The number of rotatable bonds is 6. The lowest BCUT2D eigenvalue weighted by atomic mass is 9.88. The van der Waals surface area contributed by atoms with Gasteiger partial charge in [-0.1, -0.05) is 61.7 Å². The molecule has 0 bridgehead atoms. The SMILES string of the molecule is CCCC(CCC(C)C)c1ccc(Br)cc1. The first-order valence-electron chi connectivity index (χ1n) is 6.39. The highest BCUT2D eigenvalue weighted by atomic mass is 79.9. The molecular weight excluding hydrogens is 260 g/mol. The van der Waals surface area contributed by atoms with Crippen molar-refractivity contribution in [1.29, 1.82) is 0 Å². The van der Waals surface area contributed by atoms with Crippen LogP contribution < -0.4 is 0 Å². The Hall–Kier alpha value is -0.300. The largest absolute Gasteiger partial charge is 0.0654 e. The van der Waals surface area contributed by atoms with E-state index in [-0.39, 0.29) is 0 Å². The highest BCUT2D eigenvalue weighted by Gasteiger charge is 2.11. The predicted octanol–water partition coefficient (Wildman–Crippen LogP) is 5.77. The number of hydrogen-bond donors (Lipinski definition) is 0. The van der Waals surface area contributed by atoms with Crippen molar-refractivity contribution >= 4 is 15.9 Å². The minimum Gasteiger partial charge on any atom is -0.0654 e. The molecule has 1 atom stereocenters. The topological polar surface area (TPSA) is 0 Å². The van der Waals surface area contributed by atoms with Gasteiger partial charge < -0.3 is 0 Å². The molecule has 0 spiro atoms. The van der Waals surface area contributed by atoms with E-state index in [1.165, 1.54) is 35.7 Å². The third-order valence-corrected chi connectivity index (χ3v) is 3.60. The summed E-state index contributed by atoms with van der Waals surface area (Å²) in [6.45, 7) is 6.90. The molecule has 0 amide bonds. The van der Waals surface area contributed by atoms with Crippen LogP contribution in [0.1, 0.15) is 57.9 Å². The van der Waals surface area contributed by atoms with Gasteiger partial charge in [0, 0.05) is 4.47 Å². The van der Waals surface area contributed by atoms with Crippen LogP contribution in [-0.4, -0.2) is 0 Å². The van der Waals surface area contributed by atoms with Gasteiger partial charge in [-0.3, -0.25) is 0 Å². The summed E-state index contributed by atoms with van der Waals surface area (Å²) < 4.78 is 1.18. The normalized spacial score (nSPS) is 13.1. The second kappa shape index (κ2) is 7.11. The first kappa shape index (κ1) is 13.8. The third kappa shape index (κ3) is 4.69. The Balaban J connectivity index is 2.64. The molecule has 0 aliphatic heterocycles. The Kier molecular flexibility index (Phi) is 6.12. The van der Waals surface area contributed by atoms with Crippen molar-refractivity contribution in [2.75, 3.05) is 0 Å². The molecule has 0 radical (unpaired) electrons. The average molecular weight is 283 g/mol. The van der Waals surface area contributed by atoms with Crippen LogP contribution in [-0.2, 0) is 0 Å². The molecule has 1 aromatic rings. The highest BCUT2D eigenvalue weighted by molar-refractivity contribution is 9.10. The Morgan fingerprint density at radius 2 is 1.62 bits per heavy atom. The van der Waals surface area contributed by atoms with E-state index in [1.54, 1.807) is 0 Å². The van der Waals surface area contributed by atoms with Gasteiger partial charge in [-0.2, -0.15) is 0 Å². The van der Waals surface area contributed by atoms with E-state index in [0.717, 1.165) is 11.8 Å². The van der Waals surface area contributed by atoms with Crippen molar-refractivity contribution in [3.8, 4) is 0 Å².